The summed E-state index contributed by atoms with van der Waals surface area (Å²) in [4.78, 5) is 2.83. The van der Waals surface area contributed by atoms with Crippen LogP contribution in [0.2, 0.25) is 0 Å². The predicted octanol–water partition coefficient (Wildman–Crippen LogP) is 0.751. The van der Waals surface area contributed by atoms with E-state index in [9.17, 15) is 0 Å². The van der Waals surface area contributed by atoms with Gasteiger partial charge in [0.15, 0.2) is 0 Å². The molecule has 9 heavy (non-hydrogen) atoms. The molecule has 0 fully saturated rings. The number of aromatic amines is 1. The molecule has 50 valence electrons. The van der Waals surface area contributed by atoms with Crippen molar-refractivity contribution in [3.05, 3.63) is 9.77 Å². The molecule has 0 aliphatic carbocycles. The third kappa shape index (κ3) is 1.07. The van der Waals surface area contributed by atoms with E-state index < -0.39 is 0 Å². The minimum Gasteiger partial charge on any atom is -0.395 e. The zero-order valence-electron chi connectivity index (χ0n) is 4.82. The summed E-state index contributed by atoms with van der Waals surface area (Å²) in [6.45, 7) is 0. The van der Waals surface area contributed by atoms with Gasteiger partial charge in [0.1, 0.15) is 5.82 Å². The molecule has 0 spiro atoms. The van der Waals surface area contributed by atoms with Crippen molar-refractivity contribution in [2.45, 2.75) is 0 Å². The summed E-state index contributed by atoms with van der Waals surface area (Å²) in [5, 5.41) is 0. The van der Waals surface area contributed by atoms with Gasteiger partial charge in [-0.3, -0.25) is 0 Å². The fourth-order valence-electron chi connectivity index (χ4n) is 0.536. The van der Waals surface area contributed by atoms with Gasteiger partial charge in [-0.1, -0.05) is 25.2 Å². The number of nitrogens with one attached hydrogen (secondary N) is 1. The first kappa shape index (κ1) is 6.60. The smallest absolute Gasteiger partial charge is 0.125 e. The Morgan fingerprint density at radius 3 is 2.44 bits per heavy atom. The van der Waals surface area contributed by atoms with Gasteiger partial charge in [-0.15, -0.1) is 0 Å². The van der Waals surface area contributed by atoms with Crippen molar-refractivity contribution in [1.29, 1.82) is 0 Å². The summed E-state index contributed by atoms with van der Waals surface area (Å²) in [7, 11) is 0. The van der Waals surface area contributed by atoms with Crippen LogP contribution in [0.25, 0.3) is 0 Å². The zero-order valence-corrected chi connectivity index (χ0v) is 6.97. The highest BCUT2D eigenvalue weighted by Gasteiger charge is 1.99. The largest absolute Gasteiger partial charge is 0.395 e. The quantitative estimate of drug-likeness (QED) is 0.631. The van der Waals surface area contributed by atoms with Crippen molar-refractivity contribution in [1.82, 2.24) is 4.98 Å². The van der Waals surface area contributed by atoms with Gasteiger partial charge in [-0.05, 0) is 0 Å². The molecule has 0 bridgehead atoms. The fraction of sp³-hybridized carbons (Fsp3) is 0. The van der Waals surface area contributed by atoms with Crippen LogP contribution in [0.4, 0.5) is 11.5 Å². The van der Waals surface area contributed by atoms with Gasteiger partial charge >= 0.3 is 0 Å². The molecule has 0 saturated carbocycles. The van der Waals surface area contributed by atoms with Crippen molar-refractivity contribution < 1.29 is 0 Å². The van der Waals surface area contributed by atoms with E-state index >= 15 is 0 Å². The maximum atomic E-state index is 5.54. The first-order chi connectivity index (χ1) is 4.25. The Balaban J connectivity index is 3.18. The van der Waals surface area contributed by atoms with Gasteiger partial charge in [0.05, 0.1) is 5.69 Å². The normalized spacial score (nSPS) is 9.78. The van der Waals surface area contributed by atoms with Crippen LogP contribution in [0.1, 0.15) is 0 Å². The predicted molar refractivity (Wildman–Crippen MR) is 49.5 cm³/mol. The Hall–Kier alpha value is -0.520. The molecule has 0 aliphatic heterocycles. The summed E-state index contributed by atoms with van der Waals surface area (Å²) in [5.74, 6) is 0.563. The molecule has 0 radical (unpaired) electrons. The number of nitrogen functional groups attached to an aromatic ring is 2. The molecule has 3 nitrogen and oxygen atoms in total. The van der Waals surface area contributed by atoms with E-state index in [0.29, 0.717) is 11.5 Å². The number of H-pyrrole nitrogens is 1. The summed E-state index contributed by atoms with van der Waals surface area (Å²) < 4.78 is 4.87. The van der Waals surface area contributed by atoms with E-state index in [1.807, 2.05) is 6.20 Å². The molecular weight excluding hydrogens is 229 g/mol. The Morgan fingerprint density at radius 1 is 1.56 bits per heavy atom. The van der Waals surface area contributed by atoms with Gasteiger partial charge in [-0.25, -0.2) is 0 Å². The molecule has 1 aromatic heterocycles. The van der Waals surface area contributed by atoms with E-state index in [1.54, 1.807) is 0 Å². The first-order valence-corrected chi connectivity index (χ1v) is 4.97. The van der Waals surface area contributed by atoms with Crippen molar-refractivity contribution >= 4 is 36.8 Å². The summed E-state index contributed by atoms with van der Waals surface area (Å²) in [5.41, 5.74) is 11.6. The number of aromatic nitrogens is 1. The lowest BCUT2D eigenvalue weighted by Crippen LogP contribution is -1.91. The second-order valence-electron chi connectivity index (χ2n) is 1.60. The molecule has 0 unspecified atom stereocenters. The summed E-state index contributed by atoms with van der Waals surface area (Å²) >= 11 is -0.178. The number of halogens is 1. The minimum atomic E-state index is -0.178. The van der Waals surface area contributed by atoms with Crippen LogP contribution in [0.3, 0.4) is 0 Å². The highest BCUT2D eigenvalue weighted by Crippen LogP contribution is 2.22. The Bertz CT molecular complexity index is 228. The summed E-state index contributed by atoms with van der Waals surface area (Å²) in [6.07, 6.45) is 1.82. The van der Waals surface area contributed by atoms with E-state index in [1.165, 1.54) is 0 Å². The van der Waals surface area contributed by atoms with E-state index in [-0.39, 0.29) is 20.7 Å². The van der Waals surface area contributed by atoms with Crippen LogP contribution in [0.15, 0.2) is 6.20 Å². The summed E-state index contributed by atoms with van der Waals surface area (Å²) in [6, 6.07) is 0. The maximum absolute atomic E-state index is 5.54. The molecule has 0 amide bonds. The molecule has 1 aromatic rings. The molecule has 1 heterocycles. The number of nitrogens with two attached hydrogens (primary N) is 2. The Morgan fingerprint density at radius 2 is 2.22 bits per heavy atom. The average molecular weight is 237 g/mol. The SMILES string of the molecule is C=Ic1c[nH]c(N)c1N. The lowest BCUT2D eigenvalue weighted by Gasteiger charge is -1.88. The highest BCUT2D eigenvalue weighted by atomic mass is 127. The fourth-order valence-corrected chi connectivity index (χ4v) is 1.61. The van der Waals surface area contributed by atoms with Gasteiger partial charge in [0.2, 0.25) is 0 Å². The molecular formula is C5H8IN3. The second-order valence-corrected chi connectivity index (χ2v) is 3.52. The van der Waals surface area contributed by atoms with Crippen LogP contribution in [-0.2, 0) is 0 Å². The number of anilines is 2. The molecule has 5 N–H and O–H groups in total. The van der Waals surface area contributed by atoms with Crippen LogP contribution in [0.5, 0.6) is 0 Å². The molecule has 0 aromatic carbocycles. The van der Waals surface area contributed by atoms with Crippen molar-refractivity contribution in [3.8, 4) is 0 Å². The third-order valence-corrected chi connectivity index (χ3v) is 2.76. The van der Waals surface area contributed by atoms with Gasteiger partial charge in [0, 0.05) is 9.77 Å². The standard InChI is InChI=1S/C5H8IN3/c1-6-3-2-9-5(8)4(3)7/h2,9H,1,7-8H2. The Labute approximate surface area is 63.2 Å². The van der Waals surface area contributed by atoms with E-state index in [2.05, 4.69) is 9.50 Å². The monoisotopic (exact) mass is 237 g/mol. The van der Waals surface area contributed by atoms with Crippen molar-refractivity contribution in [3.63, 3.8) is 0 Å². The third-order valence-electron chi connectivity index (χ3n) is 1.05. The van der Waals surface area contributed by atoms with Crippen molar-refractivity contribution in [2.24, 2.45) is 0 Å². The molecule has 0 aliphatic rings. The van der Waals surface area contributed by atoms with E-state index in [0.717, 1.165) is 3.57 Å². The Kier molecular flexibility index (Phi) is 1.75. The molecule has 1 rings (SSSR count). The number of hydrogen-bond donors (Lipinski definition) is 3. The van der Waals surface area contributed by atoms with Crippen LogP contribution in [-0.4, -0.2) is 9.50 Å². The van der Waals surface area contributed by atoms with Crippen LogP contribution < -0.4 is 11.5 Å². The highest BCUT2D eigenvalue weighted by molar-refractivity contribution is 14.2. The number of hydrogen-bond acceptors (Lipinski definition) is 2. The lowest BCUT2D eigenvalue weighted by atomic mass is 10.5. The second kappa shape index (κ2) is 2.38. The minimum absolute atomic E-state index is 0.178. The molecule has 4 heteroatoms. The van der Waals surface area contributed by atoms with E-state index in [4.69, 9.17) is 11.5 Å². The van der Waals surface area contributed by atoms with Gasteiger partial charge in [-0.2, -0.15) is 0 Å². The number of rotatable bonds is 1. The maximum Gasteiger partial charge on any atom is 0.125 e. The first-order valence-electron chi connectivity index (χ1n) is 2.36. The van der Waals surface area contributed by atoms with Gasteiger partial charge in [0.25, 0.3) is 0 Å². The lowest BCUT2D eigenvalue weighted by molar-refractivity contribution is 1.41. The van der Waals surface area contributed by atoms with Crippen molar-refractivity contribution in [2.75, 3.05) is 11.5 Å². The topological polar surface area (TPSA) is 67.8 Å². The molecule has 0 atom stereocenters. The molecule has 0 saturated heterocycles. The van der Waals surface area contributed by atoms with Crippen LogP contribution >= 0.6 is 20.7 Å². The van der Waals surface area contributed by atoms with Crippen LogP contribution in [0, 0.1) is 3.57 Å². The zero-order chi connectivity index (χ0) is 6.85. The van der Waals surface area contributed by atoms with Gasteiger partial charge < -0.3 is 16.5 Å². The average Bonchev–Trinajstić information content (AvgIpc) is 2.15.